The molecule has 23 heavy (non-hydrogen) atoms. The average molecular weight is 333 g/mol. The van der Waals surface area contributed by atoms with Crippen LogP contribution in [0, 0.1) is 6.92 Å². The van der Waals surface area contributed by atoms with Crippen LogP contribution in [0.5, 0.6) is 5.75 Å². The summed E-state index contributed by atoms with van der Waals surface area (Å²) >= 11 is 0. The number of ether oxygens (including phenoxy) is 1. The Morgan fingerprint density at radius 2 is 1.78 bits per heavy atom. The molecular weight excluding hydrogens is 310 g/mol. The first-order valence-electron chi connectivity index (χ1n) is 7.62. The Bertz CT molecular complexity index is 754. The van der Waals surface area contributed by atoms with E-state index >= 15 is 0 Å². The maximum absolute atomic E-state index is 12.9. The second-order valence-electron chi connectivity index (χ2n) is 5.47. The van der Waals surface area contributed by atoms with E-state index in [1.165, 1.54) is 4.31 Å². The first-order chi connectivity index (χ1) is 10.9. The predicted octanol–water partition coefficient (Wildman–Crippen LogP) is 3.78. The highest BCUT2D eigenvalue weighted by atomic mass is 32.2. The van der Waals surface area contributed by atoms with E-state index in [1.54, 1.807) is 19.2 Å². The molecule has 5 heteroatoms. The average Bonchev–Trinajstić information content (AvgIpc) is 2.55. The summed E-state index contributed by atoms with van der Waals surface area (Å²) in [5.74, 6) is 0.720. The Balaban J connectivity index is 2.39. The molecule has 0 bridgehead atoms. The van der Waals surface area contributed by atoms with Crippen LogP contribution in [-0.4, -0.2) is 26.4 Å². The maximum atomic E-state index is 12.9. The van der Waals surface area contributed by atoms with Crippen LogP contribution in [0.1, 0.15) is 31.0 Å². The third kappa shape index (κ3) is 3.74. The SMILES string of the molecule is CCN(C(C)c1cccc(OC)c1)S(=O)(=O)c1ccc(C)cc1. The number of hydrogen-bond donors (Lipinski definition) is 0. The van der Waals surface area contributed by atoms with E-state index in [4.69, 9.17) is 4.74 Å². The van der Waals surface area contributed by atoms with Gasteiger partial charge >= 0.3 is 0 Å². The Kier molecular flexibility index (Phi) is 5.44. The Morgan fingerprint density at radius 3 is 2.35 bits per heavy atom. The zero-order valence-corrected chi connectivity index (χ0v) is 14.8. The van der Waals surface area contributed by atoms with Gasteiger partial charge in [0, 0.05) is 12.6 Å². The molecule has 0 aliphatic rings. The monoisotopic (exact) mass is 333 g/mol. The molecule has 0 fully saturated rings. The molecule has 0 aromatic heterocycles. The Labute approximate surface area is 138 Å². The first-order valence-corrected chi connectivity index (χ1v) is 9.06. The van der Waals surface area contributed by atoms with Crippen molar-refractivity contribution < 1.29 is 13.2 Å². The molecule has 2 rings (SSSR count). The van der Waals surface area contributed by atoms with Crippen LogP contribution in [0.4, 0.5) is 0 Å². The first kappa shape index (κ1) is 17.5. The molecule has 2 aromatic rings. The van der Waals surface area contributed by atoms with Gasteiger partial charge in [-0.15, -0.1) is 0 Å². The molecule has 0 aliphatic carbocycles. The fraction of sp³-hybridized carbons (Fsp3) is 0.333. The molecule has 0 aliphatic heterocycles. The highest BCUT2D eigenvalue weighted by Crippen LogP contribution is 2.29. The molecule has 4 nitrogen and oxygen atoms in total. The molecule has 0 heterocycles. The maximum Gasteiger partial charge on any atom is 0.243 e. The largest absolute Gasteiger partial charge is 0.497 e. The number of methoxy groups -OCH3 is 1. The zero-order valence-electron chi connectivity index (χ0n) is 14.0. The van der Waals surface area contributed by atoms with Gasteiger partial charge < -0.3 is 4.74 Å². The van der Waals surface area contributed by atoms with E-state index in [0.717, 1.165) is 16.9 Å². The normalized spacial score (nSPS) is 13.1. The van der Waals surface area contributed by atoms with Gasteiger partial charge in [-0.25, -0.2) is 8.42 Å². The highest BCUT2D eigenvalue weighted by molar-refractivity contribution is 7.89. The Hall–Kier alpha value is -1.85. The minimum atomic E-state index is -3.54. The molecule has 124 valence electrons. The lowest BCUT2D eigenvalue weighted by atomic mass is 10.1. The van der Waals surface area contributed by atoms with Gasteiger partial charge in [0.15, 0.2) is 0 Å². The lowest BCUT2D eigenvalue weighted by Crippen LogP contribution is -2.33. The van der Waals surface area contributed by atoms with Crippen LogP contribution in [0.15, 0.2) is 53.4 Å². The summed E-state index contributed by atoms with van der Waals surface area (Å²) < 4.78 is 32.6. The summed E-state index contributed by atoms with van der Waals surface area (Å²) in [7, 11) is -1.94. The van der Waals surface area contributed by atoms with Crippen molar-refractivity contribution in [1.29, 1.82) is 0 Å². The van der Waals surface area contributed by atoms with E-state index in [0.29, 0.717) is 11.4 Å². The van der Waals surface area contributed by atoms with Crippen molar-refractivity contribution in [2.24, 2.45) is 0 Å². The smallest absolute Gasteiger partial charge is 0.243 e. The number of nitrogens with zero attached hydrogens (tertiary/aromatic N) is 1. The molecule has 2 aromatic carbocycles. The molecule has 1 atom stereocenters. The van der Waals surface area contributed by atoms with E-state index in [1.807, 2.05) is 57.2 Å². The quantitative estimate of drug-likeness (QED) is 0.808. The van der Waals surface area contributed by atoms with Gasteiger partial charge in [0.25, 0.3) is 0 Å². The molecule has 0 spiro atoms. The Morgan fingerprint density at radius 1 is 1.13 bits per heavy atom. The topological polar surface area (TPSA) is 46.6 Å². The van der Waals surface area contributed by atoms with Crippen LogP contribution in [0.3, 0.4) is 0 Å². The fourth-order valence-corrected chi connectivity index (χ4v) is 4.19. The minimum Gasteiger partial charge on any atom is -0.497 e. The van der Waals surface area contributed by atoms with Crippen molar-refractivity contribution >= 4 is 10.0 Å². The van der Waals surface area contributed by atoms with E-state index < -0.39 is 10.0 Å². The zero-order chi connectivity index (χ0) is 17.0. The molecular formula is C18H23NO3S. The fourth-order valence-electron chi connectivity index (χ4n) is 2.57. The van der Waals surface area contributed by atoms with Crippen LogP contribution < -0.4 is 4.74 Å². The lowest BCUT2D eigenvalue weighted by Gasteiger charge is -2.27. The van der Waals surface area contributed by atoms with Gasteiger partial charge in [-0.05, 0) is 43.7 Å². The second-order valence-corrected chi connectivity index (χ2v) is 7.36. The summed E-state index contributed by atoms with van der Waals surface area (Å²) in [5, 5.41) is 0. The van der Waals surface area contributed by atoms with Gasteiger partial charge in [0.2, 0.25) is 10.0 Å². The molecule has 0 radical (unpaired) electrons. The van der Waals surface area contributed by atoms with E-state index in [-0.39, 0.29) is 6.04 Å². The van der Waals surface area contributed by atoms with Gasteiger partial charge in [0.1, 0.15) is 5.75 Å². The second kappa shape index (κ2) is 7.15. The summed E-state index contributed by atoms with van der Waals surface area (Å²) in [6.45, 7) is 6.08. The van der Waals surface area contributed by atoms with Gasteiger partial charge in [0.05, 0.1) is 12.0 Å². The lowest BCUT2D eigenvalue weighted by molar-refractivity contribution is 0.354. The number of benzene rings is 2. The number of sulfonamides is 1. The molecule has 0 N–H and O–H groups in total. The summed E-state index contributed by atoms with van der Waals surface area (Å²) in [4.78, 5) is 0.319. The van der Waals surface area contributed by atoms with E-state index in [9.17, 15) is 8.42 Å². The van der Waals surface area contributed by atoms with Crippen molar-refractivity contribution in [2.75, 3.05) is 13.7 Å². The van der Waals surface area contributed by atoms with Crippen LogP contribution in [0.2, 0.25) is 0 Å². The van der Waals surface area contributed by atoms with Gasteiger partial charge in [-0.1, -0.05) is 36.8 Å². The van der Waals surface area contributed by atoms with Crippen molar-refractivity contribution in [2.45, 2.75) is 31.7 Å². The third-order valence-electron chi connectivity index (χ3n) is 3.95. The minimum absolute atomic E-state index is 0.276. The highest BCUT2D eigenvalue weighted by Gasteiger charge is 2.28. The van der Waals surface area contributed by atoms with Crippen LogP contribution >= 0.6 is 0 Å². The number of hydrogen-bond acceptors (Lipinski definition) is 3. The molecule has 1 unspecified atom stereocenters. The molecule has 0 saturated heterocycles. The van der Waals surface area contributed by atoms with Crippen molar-refractivity contribution in [1.82, 2.24) is 4.31 Å². The van der Waals surface area contributed by atoms with Gasteiger partial charge in [-0.3, -0.25) is 0 Å². The van der Waals surface area contributed by atoms with E-state index in [2.05, 4.69) is 0 Å². The van der Waals surface area contributed by atoms with Crippen molar-refractivity contribution in [3.8, 4) is 5.75 Å². The number of aryl methyl sites for hydroxylation is 1. The van der Waals surface area contributed by atoms with Crippen molar-refractivity contribution in [3.05, 3.63) is 59.7 Å². The summed E-state index contributed by atoms with van der Waals surface area (Å²) in [6, 6.07) is 14.2. The summed E-state index contributed by atoms with van der Waals surface area (Å²) in [5.41, 5.74) is 1.94. The third-order valence-corrected chi connectivity index (χ3v) is 6.01. The predicted molar refractivity (Wildman–Crippen MR) is 92.2 cm³/mol. The molecule has 0 saturated carbocycles. The van der Waals surface area contributed by atoms with Crippen LogP contribution in [0.25, 0.3) is 0 Å². The standard InChI is InChI=1S/C18H23NO3S/c1-5-19(15(3)16-7-6-8-17(13-16)22-4)23(20,21)18-11-9-14(2)10-12-18/h6-13,15H,5H2,1-4H3. The van der Waals surface area contributed by atoms with Crippen molar-refractivity contribution in [3.63, 3.8) is 0 Å². The van der Waals surface area contributed by atoms with Crippen LogP contribution in [-0.2, 0) is 10.0 Å². The molecule has 0 amide bonds. The number of rotatable bonds is 6. The van der Waals surface area contributed by atoms with Gasteiger partial charge in [-0.2, -0.15) is 4.31 Å². The summed E-state index contributed by atoms with van der Waals surface area (Å²) in [6.07, 6.45) is 0.